The van der Waals surface area contributed by atoms with E-state index in [1.807, 2.05) is 42.5 Å². The Bertz CT molecular complexity index is 1260. The molecule has 8 heteroatoms. The van der Waals surface area contributed by atoms with E-state index in [2.05, 4.69) is 89.0 Å². The van der Waals surface area contributed by atoms with Crippen molar-refractivity contribution >= 4 is 51.1 Å². The first-order valence-electron chi connectivity index (χ1n) is 9.82. The third-order valence-electron chi connectivity index (χ3n) is 4.79. The molecule has 2 aromatic heterocycles. The molecular weight excluding hydrogens is 519 g/mol. The van der Waals surface area contributed by atoms with Gasteiger partial charge in [0.05, 0.1) is 23.3 Å². The summed E-state index contributed by atoms with van der Waals surface area (Å²) in [5.74, 6) is 2.47. The van der Waals surface area contributed by atoms with Gasteiger partial charge in [0.2, 0.25) is 0 Å². The largest absolute Gasteiger partial charge is 0.378 e. The van der Waals surface area contributed by atoms with Gasteiger partial charge in [-0.25, -0.2) is 4.98 Å². The highest BCUT2D eigenvalue weighted by molar-refractivity contribution is 14.1. The Morgan fingerprint density at radius 2 is 1.68 bits per heavy atom. The van der Waals surface area contributed by atoms with Crippen molar-refractivity contribution in [2.75, 3.05) is 5.32 Å². The number of aromatic amines is 1. The molecule has 31 heavy (non-hydrogen) atoms. The Morgan fingerprint density at radius 3 is 2.48 bits per heavy atom. The number of para-hydroxylation sites is 3. The molecule has 0 saturated heterocycles. The van der Waals surface area contributed by atoms with Crippen LogP contribution in [0, 0.1) is 3.57 Å². The number of anilines is 1. The minimum Gasteiger partial charge on any atom is -0.378 e. The molecule has 0 spiro atoms. The third kappa shape index (κ3) is 4.59. The number of imidazole rings is 1. The molecule has 154 valence electrons. The Hall–Kier alpha value is -2.85. The molecule has 0 amide bonds. The van der Waals surface area contributed by atoms with Crippen LogP contribution in [0.15, 0.2) is 84.0 Å². The van der Waals surface area contributed by atoms with Gasteiger partial charge < -0.3 is 10.3 Å². The summed E-state index contributed by atoms with van der Waals surface area (Å²) in [5, 5.41) is 13.2. The molecule has 0 bridgehead atoms. The van der Waals surface area contributed by atoms with Crippen LogP contribution in [-0.2, 0) is 12.3 Å². The van der Waals surface area contributed by atoms with E-state index in [1.165, 1.54) is 3.57 Å². The zero-order valence-corrected chi connectivity index (χ0v) is 19.5. The molecule has 0 fully saturated rings. The summed E-state index contributed by atoms with van der Waals surface area (Å²) in [6.07, 6.45) is 0. The first-order chi connectivity index (χ1) is 15.3. The normalized spacial score (nSPS) is 11.1. The Balaban J connectivity index is 1.39. The average Bonchev–Trinajstić information content (AvgIpc) is 3.41. The second kappa shape index (κ2) is 9.11. The van der Waals surface area contributed by atoms with Crippen LogP contribution in [0.25, 0.3) is 16.7 Å². The number of hydrogen-bond donors (Lipinski definition) is 2. The van der Waals surface area contributed by atoms with E-state index in [9.17, 15) is 0 Å². The second-order valence-electron chi connectivity index (χ2n) is 6.92. The van der Waals surface area contributed by atoms with Crippen LogP contribution < -0.4 is 5.32 Å². The molecule has 6 nitrogen and oxygen atoms in total. The number of H-pyrrole nitrogens is 1. The number of thioether (sulfide) groups is 1. The predicted octanol–water partition coefficient (Wildman–Crippen LogP) is 5.65. The van der Waals surface area contributed by atoms with E-state index in [0.717, 1.165) is 39.2 Å². The van der Waals surface area contributed by atoms with Gasteiger partial charge in [0.15, 0.2) is 11.0 Å². The van der Waals surface area contributed by atoms with Crippen molar-refractivity contribution in [3.05, 3.63) is 94.1 Å². The zero-order chi connectivity index (χ0) is 21.0. The fourth-order valence-corrected chi connectivity index (χ4v) is 4.50. The number of fused-ring (bicyclic) bond motifs is 1. The van der Waals surface area contributed by atoms with Gasteiger partial charge in [-0.15, -0.1) is 10.2 Å². The van der Waals surface area contributed by atoms with Crippen LogP contribution in [0.1, 0.15) is 11.6 Å². The van der Waals surface area contributed by atoms with E-state index >= 15 is 0 Å². The lowest BCUT2D eigenvalue weighted by Gasteiger charge is -2.11. The van der Waals surface area contributed by atoms with Crippen molar-refractivity contribution in [1.82, 2.24) is 24.7 Å². The molecule has 0 atom stereocenters. The Kier molecular flexibility index (Phi) is 5.90. The highest BCUT2D eigenvalue weighted by atomic mass is 127. The fourth-order valence-electron chi connectivity index (χ4n) is 3.30. The van der Waals surface area contributed by atoms with Crippen molar-refractivity contribution in [3.8, 4) is 5.69 Å². The van der Waals surface area contributed by atoms with Crippen molar-refractivity contribution < 1.29 is 0 Å². The molecule has 0 aliphatic rings. The van der Waals surface area contributed by atoms with Crippen LogP contribution in [0.3, 0.4) is 0 Å². The second-order valence-corrected chi connectivity index (χ2v) is 9.11. The lowest BCUT2D eigenvalue weighted by atomic mass is 10.3. The van der Waals surface area contributed by atoms with E-state index in [-0.39, 0.29) is 0 Å². The molecule has 3 aromatic carbocycles. The van der Waals surface area contributed by atoms with E-state index < -0.39 is 0 Å². The Labute approximate surface area is 197 Å². The number of rotatable bonds is 7. The maximum Gasteiger partial charge on any atom is 0.196 e. The summed E-state index contributed by atoms with van der Waals surface area (Å²) in [4.78, 5) is 8.05. The zero-order valence-electron chi connectivity index (χ0n) is 16.5. The van der Waals surface area contributed by atoms with Gasteiger partial charge in [0.1, 0.15) is 5.82 Å². The van der Waals surface area contributed by atoms with Crippen molar-refractivity contribution in [1.29, 1.82) is 0 Å². The molecule has 0 unspecified atom stereocenters. The standard InChI is InChI=1S/C23H19IN6S/c24-16-10-12-17(13-11-16)25-14-22-28-29-23(30(22)18-6-2-1-3-7-18)31-15-21-26-19-8-4-5-9-20(19)27-21/h1-13,25H,14-15H2,(H,26,27). The fraction of sp³-hybridized carbons (Fsp3) is 0.0870. The third-order valence-corrected chi connectivity index (χ3v) is 6.45. The van der Waals surface area contributed by atoms with Gasteiger partial charge >= 0.3 is 0 Å². The topological polar surface area (TPSA) is 71.4 Å². The lowest BCUT2D eigenvalue weighted by molar-refractivity contribution is 0.840. The van der Waals surface area contributed by atoms with Gasteiger partial charge in [0.25, 0.3) is 0 Å². The highest BCUT2D eigenvalue weighted by Crippen LogP contribution is 2.26. The lowest BCUT2D eigenvalue weighted by Crippen LogP contribution is -2.08. The number of nitrogens with one attached hydrogen (secondary N) is 2. The first-order valence-corrected chi connectivity index (χ1v) is 11.9. The molecule has 0 radical (unpaired) electrons. The van der Waals surface area contributed by atoms with Gasteiger partial charge in [0, 0.05) is 14.9 Å². The van der Waals surface area contributed by atoms with Gasteiger partial charge in [-0.3, -0.25) is 4.57 Å². The average molecular weight is 538 g/mol. The monoisotopic (exact) mass is 538 g/mol. The maximum atomic E-state index is 4.67. The molecule has 5 rings (SSSR count). The van der Waals surface area contributed by atoms with E-state index in [0.29, 0.717) is 12.3 Å². The van der Waals surface area contributed by atoms with Crippen molar-refractivity contribution in [2.24, 2.45) is 0 Å². The quantitative estimate of drug-likeness (QED) is 0.207. The maximum absolute atomic E-state index is 4.67. The van der Waals surface area contributed by atoms with E-state index in [4.69, 9.17) is 0 Å². The van der Waals surface area contributed by atoms with Crippen LogP contribution in [0.5, 0.6) is 0 Å². The number of nitrogens with zero attached hydrogens (tertiary/aromatic N) is 4. The van der Waals surface area contributed by atoms with E-state index in [1.54, 1.807) is 11.8 Å². The van der Waals surface area contributed by atoms with Gasteiger partial charge in [-0.2, -0.15) is 0 Å². The minimum atomic E-state index is 0.577. The van der Waals surface area contributed by atoms with Crippen LogP contribution in [0.4, 0.5) is 5.69 Å². The Morgan fingerprint density at radius 1 is 0.903 bits per heavy atom. The SMILES string of the molecule is Ic1ccc(NCc2nnc(SCc3nc4ccccc4[nH]3)n2-c2ccccc2)cc1. The molecule has 0 aliphatic heterocycles. The first kappa shape index (κ1) is 20.1. The van der Waals surface area contributed by atoms with Crippen LogP contribution in [0.2, 0.25) is 0 Å². The molecular formula is C23H19IN6S. The summed E-state index contributed by atoms with van der Waals surface area (Å²) in [5.41, 5.74) is 4.12. The number of halogens is 1. The summed E-state index contributed by atoms with van der Waals surface area (Å²) in [6.45, 7) is 0.577. The highest BCUT2D eigenvalue weighted by Gasteiger charge is 2.15. The summed E-state index contributed by atoms with van der Waals surface area (Å²) in [6, 6.07) is 26.6. The summed E-state index contributed by atoms with van der Waals surface area (Å²) >= 11 is 3.93. The number of benzene rings is 3. The summed E-state index contributed by atoms with van der Waals surface area (Å²) in [7, 11) is 0. The molecule has 5 aromatic rings. The van der Waals surface area contributed by atoms with Crippen molar-refractivity contribution in [3.63, 3.8) is 0 Å². The molecule has 2 heterocycles. The predicted molar refractivity (Wildman–Crippen MR) is 133 cm³/mol. The van der Waals surface area contributed by atoms with Crippen molar-refractivity contribution in [2.45, 2.75) is 17.5 Å². The molecule has 2 N–H and O–H groups in total. The van der Waals surface area contributed by atoms with Gasteiger partial charge in [-0.05, 0) is 71.1 Å². The minimum absolute atomic E-state index is 0.577. The smallest absolute Gasteiger partial charge is 0.196 e. The van der Waals surface area contributed by atoms with Crippen LogP contribution in [-0.4, -0.2) is 24.7 Å². The summed E-state index contributed by atoms with van der Waals surface area (Å²) < 4.78 is 3.31. The van der Waals surface area contributed by atoms with Crippen LogP contribution >= 0.6 is 34.4 Å². The molecule has 0 saturated carbocycles. The number of hydrogen-bond acceptors (Lipinski definition) is 5. The van der Waals surface area contributed by atoms with Gasteiger partial charge in [-0.1, -0.05) is 42.1 Å². The number of aromatic nitrogens is 5. The molecule has 0 aliphatic carbocycles.